The first-order valence-corrected chi connectivity index (χ1v) is 11.3. The summed E-state index contributed by atoms with van der Waals surface area (Å²) in [5, 5.41) is 9.50. The monoisotopic (exact) mass is 464 g/mol. The molecule has 0 atom stereocenters. The zero-order chi connectivity index (χ0) is 23.8. The van der Waals surface area contributed by atoms with Crippen LogP contribution in [0.5, 0.6) is 11.5 Å². The van der Waals surface area contributed by atoms with Gasteiger partial charge in [-0.15, -0.1) is 6.58 Å². The third kappa shape index (κ3) is 3.99. The van der Waals surface area contributed by atoms with E-state index in [2.05, 4.69) is 6.58 Å². The van der Waals surface area contributed by atoms with Crippen LogP contribution in [0.2, 0.25) is 0 Å². The van der Waals surface area contributed by atoms with E-state index in [-0.39, 0.29) is 33.9 Å². The molecule has 0 bridgehead atoms. The largest absolute Gasteiger partial charge is 0.454 e. The van der Waals surface area contributed by atoms with Crippen LogP contribution in [0.4, 0.5) is 8.78 Å². The first kappa shape index (κ1) is 22.2. The summed E-state index contributed by atoms with van der Waals surface area (Å²) in [6.07, 6.45) is 3.09. The zero-order valence-corrected chi connectivity index (χ0v) is 18.4. The summed E-state index contributed by atoms with van der Waals surface area (Å²) in [6, 6.07) is 14.2. The lowest BCUT2D eigenvalue weighted by molar-refractivity contribution is 0.437. The van der Waals surface area contributed by atoms with Crippen LogP contribution >= 0.6 is 0 Å². The lowest BCUT2D eigenvalue weighted by atomic mass is 10.1. The fraction of sp³-hybridized carbons (Fsp3) is 0.0800. The number of ether oxygens (including phenoxy) is 1. The third-order valence-corrected chi connectivity index (χ3v) is 6.88. The number of nitriles is 1. The minimum absolute atomic E-state index is 0.0724. The van der Waals surface area contributed by atoms with Gasteiger partial charge in [-0.2, -0.15) is 5.26 Å². The Morgan fingerprint density at radius 1 is 1.09 bits per heavy atom. The average molecular weight is 464 g/mol. The number of hydrogen-bond donors (Lipinski definition) is 0. The Kier molecular flexibility index (Phi) is 5.75. The number of halogens is 2. The van der Waals surface area contributed by atoms with Crippen molar-refractivity contribution in [1.82, 2.24) is 3.97 Å². The van der Waals surface area contributed by atoms with E-state index in [1.165, 1.54) is 36.5 Å². The van der Waals surface area contributed by atoms with E-state index in [1.54, 1.807) is 24.3 Å². The Balaban J connectivity index is 1.87. The van der Waals surface area contributed by atoms with Gasteiger partial charge in [0.2, 0.25) is 0 Å². The van der Waals surface area contributed by atoms with Gasteiger partial charge in [0.25, 0.3) is 10.0 Å². The molecule has 1 aromatic heterocycles. The van der Waals surface area contributed by atoms with Gasteiger partial charge < -0.3 is 4.74 Å². The van der Waals surface area contributed by atoms with Gasteiger partial charge in [0.05, 0.1) is 16.0 Å². The van der Waals surface area contributed by atoms with Crippen molar-refractivity contribution < 1.29 is 21.9 Å². The predicted molar refractivity (Wildman–Crippen MR) is 121 cm³/mol. The molecule has 0 aliphatic carbocycles. The highest BCUT2D eigenvalue weighted by atomic mass is 32.2. The van der Waals surface area contributed by atoms with Crippen LogP contribution < -0.4 is 4.74 Å². The Hall–Kier alpha value is -3.96. The van der Waals surface area contributed by atoms with Gasteiger partial charge in [0.1, 0.15) is 17.6 Å². The normalized spacial score (nSPS) is 11.3. The molecule has 4 rings (SSSR count). The maximum atomic E-state index is 15.2. The molecule has 0 fully saturated rings. The Labute approximate surface area is 189 Å². The van der Waals surface area contributed by atoms with E-state index in [4.69, 9.17) is 10.00 Å². The van der Waals surface area contributed by atoms with Crippen LogP contribution in [-0.4, -0.2) is 12.4 Å². The second kappa shape index (κ2) is 8.52. The summed E-state index contributed by atoms with van der Waals surface area (Å²) >= 11 is 0. The predicted octanol–water partition coefficient (Wildman–Crippen LogP) is 5.86. The van der Waals surface area contributed by atoms with E-state index in [0.29, 0.717) is 10.9 Å². The van der Waals surface area contributed by atoms with Crippen molar-refractivity contribution in [3.8, 4) is 17.6 Å². The second-order valence-electron chi connectivity index (χ2n) is 7.38. The molecule has 0 amide bonds. The highest BCUT2D eigenvalue weighted by Crippen LogP contribution is 2.37. The van der Waals surface area contributed by atoms with Gasteiger partial charge in [0, 0.05) is 29.3 Å². The molecule has 33 heavy (non-hydrogen) atoms. The number of aryl methyl sites for hydroxylation is 1. The summed E-state index contributed by atoms with van der Waals surface area (Å²) in [5.41, 5.74) is 1.19. The van der Waals surface area contributed by atoms with Crippen molar-refractivity contribution in [3.63, 3.8) is 0 Å². The van der Waals surface area contributed by atoms with Crippen molar-refractivity contribution in [3.05, 3.63) is 102 Å². The molecule has 0 aliphatic heterocycles. The Morgan fingerprint density at radius 3 is 2.48 bits per heavy atom. The summed E-state index contributed by atoms with van der Waals surface area (Å²) < 4.78 is 62.0. The number of fused-ring (bicyclic) bond motifs is 1. The topological polar surface area (TPSA) is 72.1 Å². The molecule has 166 valence electrons. The SMILES string of the molecule is C=CCc1c(Oc2ccc(F)c(C#N)c2)c(F)cc2c1ccn2S(=O)(=O)c1ccc(C)cc1. The Bertz CT molecular complexity index is 1530. The molecule has 4 aromatic rings. The van der Waals surface area contributed by atoms with Gasteiger partial charge in [-0.1, -0.05) is 23.8 Å². The van der Waals surface area contributed by atoms with Gasteiger partial charge >= 0.3 is 0 Å². The smallest absolute Gasteiger partial charge is 0.268 e. The van der Waals surface area contributed by atoms with Crippen LogP contribution in [-0.2, 0) is 16.4 Å². The molecule has 8 heteroatoms. The van der Waals surface area contributed by atoms with Gasteiger partial charge in [-0.05, 0) is 43.7 Å². The fourth-order valence-corrected chi connectivity index (χ4v) is 4.88. The van der Waals surface area contributed by atoms with Crippen molar-refractivity contribution in [2.45, 2.75) is 18.2 Å². The third-order valence-electron chi connectivity index (χ3n) is 5.17. The molecular formula is C25H18F2N2O3S. The van der Waals surface area contributed by atoms with E-state index in [1.807, 2.05) is 6.92 Å². The lowest BCUT2D eigenvalue weighted by Crippen LogP contribution is -2.12. The molecule has 0 aliphatic rings. The minimum atomic E-state index is -3.97. The minimum Gasteiger partial charge on any atom is -0.454 e. The molecule has 0 saturated heterocycles. The van der Waals surface area contributed by atoms with Crippen LogP contribution in [0, 0.1) is 29.9 Å². The van der Waals surface area contributed by atoms with Crippen LogP contribution in [0.3, 0.4) is 0 Å². The van der Waals surface area contributed by atoms with Gasteiger partial charge in [-0.25, -0.2) is 21.2 Å². The first-order valence-electron chi connectivity index (χ1n) is 9.89. The quantitative estimate of drug-likeness (QED) is 0.335. The Morgan fingerprint density at radius 2 is 1.82 bits per heavy atom. The van der Waals surface area contributed by atoms with Gasteiger partial charge in [-0.3, -0.25) is 0 Å². The molecule has 5 nitrogen and oxygen atoms in total. The van der Waals surface area contributed by atoms with E-state index < -0.39 is 21.7 Å². The van der Waals surface area contributed by atoms with E-state index in [9.17, 15) is 12.8 Å². The summed E-state index contributed by atoms with van der Waals surface area (Å²) in [7, 11) is -3.97. The molecule has 1 heterocycles. The highest BCUT2D eigenvalue weighted by Gasteiger charge is 2.23. The second-order valence-corrected chi connectivity index (χ2v) is 9.19. The van der Waals surface area contributed by atoms with E-state index >= 15 is 4.39 Å². The number of hydrogen-bond acceptors (Lipinski definition) is 4. The molecule has 0 N–H and O–H groups in total. The summed E-state index contributed by atoms with van der Waals surface area (Å²) in [6.45, 7) is 5.54. The number of aromatic nitrogens is 1. The average Bonchev–Trinajstić information content (AvgIpc) is 3.22. The fourth-order valence-electron chi connectivity index (χ4n) is 3.54. The molecule has 0 spiro atoms. The number of allylic oxidation sites excluding steroid dienone is 1. The molecule has 0 saturated carbocycles. The molecule has 0 unspecified atom stereocenters. The maximum Gasteiger partial charge on any atom is 0.268 e. The maximum absolute atomic E-state index is 15.2. The molecule has 3 aromatic carbocycles. The number of nitrogens with zero attached hydrogens (tertiary/aromatic N) is 2. The zero-order valence-electron chi connectivity index (χ0n) is 17.5. The van der Waals surface area contributed by atoms with Crippen LogP contribution in [0.1, 0.15) is 16.7 Å². The summed E-state index contributed by atoms with van der Waals surface area (Å²) in [5.74, 6) is -1.60. The highest BCUT2D eigenvalue weighted by molar-refractivity contribution is 7.90. The van der Waals surface area contributed by atoms with E-state index in [0.717, 1.165) is 21.7 Å². The van der Waals surface area contributed by atoms with Crippen LogP contribution in [0.15, 0.2) is 78.3 Å². The van der Waals surface area contributed by atoms with Crippen molar-refractivity contribution in [1.29, 1.82) is 5.26 Å². The summed E-state index contributed by atoms with van der Waals surface area (Å²) in [4.78, 5) is 0.0759. The van der Waals surface area contributed by atoms with Crippen molar-refractivity contribution in [2.75, 3.05) is 0 Å². The van der Waals surface area contributed by atoms with Crippen LogP contribution in [0.25, 0.3) is 10.9 Å². The van der Waals surface area contributed by atoms with Crippen molar-refractivity contribution in [2.24, 2.45) is 0 Å². The number of rotatable bonds is 6. The number of benzene rings is 3. The van der Waals surface area contributed by atoms with Gasteiger partial charge in [0.15, 0.2) is 11.6 Å². The first-order chi connectivity index (χ1) is 15.8. The lowest BCUT2D eigenvalue weighted by Gasteiger charge is -2.14. The standard InChI is InChI=1S/C25H18F2N2O3S/c1-3-4-21-20-11-12-29(33(30,31)19-8-5-16(2)6-9-19)24(20)14-23(27)25(21)32-18-7-10-22(26)17(13-18)15-28/h3,5-14H,1,4H2,2H3. The van der Waals surface area contributed by atoms with Crippen molar-refractivity contribution >= 4 is 20.9 Å². The molecule has 0 radical (unpaired) electrons. The molecular weight excluding hydrogens is 446 g/mol.